The number of nitrogens with zero attached hydrogens (tertiary/aromatic N) is 3. The van der Waals surface area contributed by atoms with E-state index in [0.29, 0.717) is 28.9 Å². The van der Waals surface area contributed by atoms with Gasteiger partial charge in [-0.25, -0.2) is 4.68 Å². The largest absolute Gasteiger partial charge is 0.481 e. The molecule has 0 aliphatic heterocycles. The maximum absolute atomic E-state index is 12.9. The summed E-state index contributed by atoms with van der Waals surface area (Å²) in [5.74, 6) is -1.64. The van der Waals surface area contributed by atoms with E-state index in [-0.39, 0.29) is 12.3 Å². The van der Waals surface area contributed by atoms with Crippen LogP contribution in [0.4, 0.5) is 11.4 Å². The van der Waals surface area contributed by atoms with Crippen molar-refractivity contribution in [3.8, 4) is 5.69 Å². The molecule has 4 aromatic rings. The Bertz CT molecular complexity index is 1320. The van der Waals surface area contributed by atoms with Crippen LogP contribution in [-0.4, -0.2) is 37.9 Å². The van der Waals surface area contributed by atoms with E-state index in [0.717, 1.165) is 11.3 Å². The highest BCUT2D eigenvalue weighted by Gasteiger charge is 2.15. The fraction of sp³-hybridized carbons (Fsp3) is 0.0800. The molecule has 0 spiro atoms. The molecular weight excluding hydrogens is 434 g/mol. The van der Waals surface area contributed by atoms with Crippen LogP contribution < -0.4 is 10.6 Å². The number of carbonyl (C=O) groups excluding carboxylic acids is 2. The second-order valence-corrected chi connectivity index (χ2v) is 7.44. The zero-order valence-electron chi connectivity index (χ0n) is 18.0. The van der Waals surface area contributed by atoms with Crippen molar-refractivity contribution in [3.63, 3.8) is 0 Å². The molecule has 9 nitrogen and oxygen atoms in total. The predicted molar refractivity (Wildman–Crippen MR) is 126 cm³/mol. The lowest BCUT2D eigenvalue weighted by Gasteiger charge is -2.12. The minimum atomic E-state index is -0.882. The predicted octanol–water partition coefficient (Wildman–Crippen LogP) is 3.79. The van der Waals surface area contributed by atoms with Gasteiger partial charge in [-0.05, 0) is 60.5 Å². The van der Waals surface area contributed by atoms with Gasteiger partial charge in [-0.3, -0.25) is 14.4 Å². The maximum atomic E-state index is 12.9. The number of hydrogen-bond acceptors (Lipinski definition) is 5. The molecule has 3 N–H and O–H groups in total. The third-order valence-corrected chi connectivity index (χ3v) is 5.05. The normalized spacial score (nSPS) is 10.5. The summed E-state index contributed by atoms with van der Waals surface area (Å²) in [6.07, 6.45) is 3.63. The van der Waals surface area contributed by atoms with Gasteiger partial charge < -0.3 is 15.7 Å². The van der Waals surface area contributed by atoms with Gasteiger partial charge in [0.15, 0.2) is 0 Å². The van der Waals surface area contributed by atoms with E-state index in [1.54, 1.807) is 89.9 Å². The third-order valence-electron chi connectivity index (χ3n) is 5.05. The average molecular weight is 455 g/mol. The van der Waals surface area contributed by atoms with Gasteiger partial charge in [-0.2, -0.15) is 0 Å². The Morgan fingerprint density at radius 2 is 1.68 bits per heavy atom. The smallest absolute Gasteiger partial charge is 0.303 e. The maximum Gasteiger partial charge on any atom is 0.303 e. The molecule has 0 saturated carbocycles. The lowest BCUT2D eigenvalue weighted by molar-refractivity contribution is -0.136. The first-order chi connectivity index (χ1) is 16.5. The fourth-order valence-electron chi connectivity index (χ4n) is 3.35. The van der Waals surface area contributed by atoms with Crippen molar-refractivity contribution in [2.75, 3.05) is 10.6 Å². The van der Waals surface area contributed by atoms with Gasteiger partial charge in [0.1, 0.15) is 0 Å². The van der Waals surface area contributed by atoms with Gasteiger partial charge in [0.25, 0.3) is 11.8 Å². The number of aryl methyl sites for hydroxylation is 1. The standard InChI is InChI=1S/C25H21N5O4/c31-23(32)13-8-17-4-3-5-19(16-17)27-25(34)21-6-1-2-7-22(21)28-24(33)18-9-11-20(12-10-18)30-15-14-26-29-30/h1-7,9-12,14-16H,8,13H2,(H,27,34)(H,28,33)(H,31,32). The van der Waals surface area contributed by atoms with Gasteiger partial charge in [-0.1, -0.05) is 29.5 Å². The summed E-state index contributed by atoms with van der Waals surface area (Å²) in [5, 5.41) is 22.1. The highest BCUT2D eigenvalue weighted by molar-refractivity contribution is 6.12. The molecular formula is C25H21N5O4. The molecule has 3 aromatic carbocycles. The van der Waals surface area contributed by atoms with E-state index >= 15 is 0 Å². The number of nitrogens with one attached hydrogen (secondary N) is 2. The van der Waals surface area contributed by atoms with Crippen molar-refractivity contribution in [3.05, 3.63) is 102 Å². The number of carbonyl (C=O) groups is 3. The number of anilines is 2. The molecule has 4 rings (SSSR count). The monoisotopic (exact) mass is 455 g/mol. The summed E-state index contributed by atoms with van der Waals surface area (Å²) in [5.41, 5.74) is 3.19. The average Bonchev–Trinajstić information content (AvgIpc) is 3.38. The van der Waals surface area contributed by atoms with Crippen molar-refractivity contribution >= 4 is 29.2 Å². The molecule has 170 valence electrons. The summed E-state index contributed by atoms with van der Waals surface area (Å²) in [6, 6.07) is 20.6. The molecule has 34 heavy (non-hydrogen) atoms. The highest BCUT2D eigenvalue weighted by atomic mass is 16.4. The minimum Gasteiger partial charge on any atom is -0.481 e. The molecule has 0 aliphatic carbocycles. The summed E-state index contributed by atoms with van der Waals surface area (Å²) in [6.45, 7) is 0. The minimum absolute atomic E-state index is 0.00603. The van der Waals surface area contributed by atoms with Gasteiger partial charge in [-0.15, -0.1) is 5.10 Å². The second-order valence-electron chi connectivity index (χ2n) is 7.44. The first kappa shape index (κ1) is 22.4. The molecule has 0 aliphatic rings. The summed E-state index contributed by atoms with van der Waals surface area (Å²) in [4.78, 5) is 36.5. The number of aliphatic carboxylic acids is 1. The van der Waals surface area contributed by atoms with Crippen LogP contribution in [-0.2, 0) is 11.2 Å². The number of aromatic nitrogens is 3. The Kier molecular flexibility index (Phi) is 6.73. The molecule has 0 saturated heterocycles. The molecule has 0 bridgehead atoms. The highest BCUT2D eigenvalue weighted by Crippen LogP contribution is 2.20. The molecule has 0 unspecified atom stereocenters. The van der Waals surface area contributed by atoms with Crippen LogP contribution in [0.25, 0.3) is 5.69 Å². The lowest BCUT2D eigenvalue weighted by Crippen LogP contribution is -2.18. The summed E-state index contributed by atoms with van der Waals surface area (Å²) in [7, 11) is 0. The molecule has 0 fully saturated rings. The number of rotatable bonds is 8. The Balaban J connectivity index is 1.46. The van der Waals surface area contributed by atoms with Crippen LogP contribution in [0.15, 0.2) is 85.2 Å². The number of carboxylic acids is 1. The van der Waals surface area contributed by atoms with Crippen molar-refractivity contribution in [1.82, 2.24) is 15.0 Å². The van der Waals surface area contributed by atoms with Gasteiger partial charge in [0, 0.05) is 17.7 Å². The molecule has 1 aromatic heterocycles. The summed E-state index contributed by atoms with van der Waals surface area (Å²) < 4.78 is 1.58. The van der Waals surface area contributed by atoms with Crippen molar-refractivity contribution < 1.29 is 19.5 Å². The molecule has 1 heterocycles. The van der Waals surface area contributed by atoms with E-state index in [1.165, 1.54) is 0 Å². The van der Waals surface area contributed by atoms with E-state index in [2.05, 4.69) is 20.9 Å². The van der Waals surface area contributed by atoms with Crippen molar-refractivity contribution in [2.24, 2.45) is 0 Å². The van der Waals surface area contributed by atoms with E-state index in [1.807, 2.05) is 0 Å². The SMILES string of the molecule is O=C(O)CCc1cccc(NC(=O)c2ccccc2NC(=O)c2ccc(-n3ccnn3)cc2)c1. The van der Waals surface area contributed by atoms with Crippen LogP contribution in [0.5, 0.6) is 0 Å². The molecule has 0 atom stereocenters. The van der Waals surface area contributed by atoms with Crippen LogP contribution in [0, 0.1) is 0 Å². The van der Waals surface area contributed by atoms with Crippen LogP contribution >= 0.6 is 0 Å². The number of hydrogen-bond donors (Lipinski definition) is 3. The number of benzene rings is 3. The first-order valence-corrected chi connectivity index (χ1v) is 10.5. The quantitative estimate of drug-likeness (QED) is 0.371. The Morgan fingerprint density at radius 1 is 0.882 bits per heavy atom. The van der Waals surface area contributed by atoms with E-state index in [4.69, 9.17) is 5.11 Å². The fourth-order valence-corrected chi connectivity index (χ4v) is 3.35. The molecule has 9 heteroatoms. The van der Waals surface area contributed by atoms with E-state index in [9.17, 15) is 14.4 Å². The number of amides is 2. The van der Waals surface area contributed by atoms with E-state index < -0.39 is 11.9 Å². The topological polar surface area (TPSA) is 126 Å². The molecule has 2 amide bonds. The molecule has 0 radical (unpaired) electrons. The van der Waals surface area contributed by atoms with Crippen LogP contribution in [0.1, 0.15) is 32.7 Å². The first-order valence-electron chi connectivity index (χ1n) is 10.5. The van der Waals surface area contributed by atoms with Crippen molar-refractivity contribution in [1.29, 1.82) is 0 Å². The zero-order chi connectivity index (χ0) is 23.9. The lowest BCUT2D eigenvalue weighted by atomic mass is 10.1. The Morgan fingerprint density at radius 3 is 2.41 bits per heavy atom. The second kappa shape index (κ2) is 10.2. The third kappa shape index (κ3) is 5.52. The van der Waals surface area contributed by atoms with Crippen LogP contribution in [0.3, 0.4) is 0 Å². The zero-order valence-corrected chi connectivity index (χ0v) is 18.0. The Hall–Kier alpha value is -4.79. The number of para-hydroxylation sites is 1. The Labute approximate surface area is 195 Å². The van der Waals surface area contributed by atoms with Crippen LogP contribution in [0.2, 0.25) is 0 Å². The number of carboxylic acid groups (broad SMARTS) is 1. The van der Waals surface area contributed by atoms with Crippen molar-refractivity contribution in [2.45, 2.75) is 12.8 Å². The summed E-state index contributed by atoms with van der Waals surface area (Å²) >= 11 is 0. The van der Waals surface area contributed by atoms with Gasteiger partial charge in [0.2, 0.25) is 0 Å². The van der Waals surface area contributed by atoms with Gasteiger partial charge in [0.05, 0.1) is 29.3 Å². The van der Waals surface area contributed by atoms with Gasteiger partial charge >= 0.3 is 5.97 Å².